The molecule has 0 saturated heterocycles. The fraction of sp³-hybridized carbons (Fsp3) is 0.0714. The van der Waals surface area contributed by atoms with E-state index < -0.39 is 17.5 Å². The van der Waals surface area contributed by atoms with Crippen molar-refractivity contribution in [2.75, 3.05) is 4.90 Å². The Bertz CT molecular complexity index is 670. The monoisotopic (exact) mass is 256 g/mol. The Balaban J connectivity index is 2.00. The lowest BCUT2D eigenvalue weighted by Crippen LogP contribution is -2.29. The van der Waals surface area contributed by atoms with Crippen LogP contribution in [0.3, 0.4) is 0 Å². The summed E-state index contributed by atoms with van der Waals surface area (Å²) >= 11 is 0. The summed E-state index contributed by atoms with van der Waals surface area (Å²) in [5.41, 5.74) is 1.43. The highest BCUT2D eigenvalue weighted by Gasteiger charge is 2.35. The number of hydrogen-bond acceptors (Lipinski definition) is 3. The summed E-state index contributed by atoms with van der Waals surface area (Å²) in [5, 5.41) is 0. The van der Waals surface area contributed by atoms with Crippen LogP contribution in [0.5, 0.6) is 0 Å². The summed E-state index contributed by atoms with van der Waals surface area (Å²) in [5.74, 6) is -1.81. The van der Waals surface area contributed by atoms with Crippen molar-refractivity contribution in [1.29, 1.82) is 0 Å². The van der Waals surface area contributed by atoms with Gasteiger partial charge < -0.3 is 4.90 Å². The normalized spacial score (nSPS) is 13.8. The predicted molar refractivity (Wildman–Crippen MR) is 66.2 cm³/mol. The van der Waals surface area contributed by atoms with Gasteiger partial charge in [0.15, 0.2) is 0 Å². The lowest BCUT2D eigenvalue weighted by molar-refractivity contribution is -0.114. The predicted octanol–water partition coefficient (Wildman–Crippen LogP) is 1.95. The minimum atomic E-state index is -0.663. The maximum absolute atomic E-state index is 13.1. The molecule has 0 unspecified atom stereocenters. The van der Waals surface area contributed by atoms with Gasteiger partial charge in [0.2, 0.25) is 0 Å². The van der Waals surface area contributed by atoms with Crippen LogP contribution < -0.4 is 4.90 Å². The van der Waals surface area contributed by atoms with Crippen LogP contribution in [0.2, 0.25) is 0 Å². The van der Waals surface area contributed by atoms with Crippen molar-refractivity contribution in [3.05, 3.63) is 59.7 Å². The van der Waals surface area contributed by atoms with Gasteiger partial charge in [-0.05, 0) is 35.9 Å². The summed E-state index contributed by atoms with van der Waals surface area (Å²) < 4.78 is 13.1. The van der Waals surface area contributed by atoms with Gasteiger partial charge in [0, 0.05) is 12.4 Å². The maximum atomic E-state index is 13.1. The molecule has 0 bridgehead atoms. The van der Waals surface area contributed by atoms with Gasteiger partial charge in [0.05, 0.1) is 17.8 Å². The van der Waals surface area contributed by atoms with E-state index in [9.17, 15) is 14.0 Å². The van der Waals surface area contributed by atoms with Gasteiger partial charge >= 0.3 is 0 Å². The minimum Gasteiger partial charge on any atom is -0.300 e. The van der Waals surface area contributed by atoms with Gasteiger partial charge in [0.1, 0.15) is 5.82 Å². The first-order valence-electron chi connectivity index (χ1n) is 5.71. The Morgan fingerprint density at radius 3 is 2.58 bits per heavy atom. The van der Waals surface area contributed by atoms with Crippen molar-refractivity contribution in [2.45, 2.75) is 6.54 Å². The fourth-order valence-corrected chi connectivity index (χ4v) is 2.10. The molecule has 94 valence electrons. The average molecular weight is 256 g/mol. The van der Waals surface area contributed by atoms with Gasteiger partial charge in [-0.2, -0.15) is 0 Å². The van der Waals surface area contributed by atoms with Crippen LogP contribution in [0, 0.1) is 5.82 Å². The Morgan fingerprint density at radius 2 is 1.84 bits per heavy atom. The number of fused-ring (bicyclic) bond motifs is 1. The zero-order valence-corrected chi connectivity index (χ0v) is 9.84. The Kier molecular flexibility index (Phi) is 2.59. The number of rotatable bonds is 2. The molecule has 0 spiro atoms. The molecular weight excluding hydrogens is 247 g/mol. The van der Waals surface area contributed by atoms with Gasteiger partial charge in [-0.1, -0.05) is 0 Å². The van der Waals surface area contributed by atoms with E-state index in [0.717, 1.165) is 11.6 Å². The summed E-state index contributed by atoms with van der Waals surface area (Å²) in [4.78, 5) is 28.9. The number of aromatic nitrogens is 1. The number of pyridine rings is 1. The number of ketones is 1. The molecule has 3 rings (SSSR count). The first kappa shape index (κ1) is 11.5. The van der Waals surface area contributed by atoms with Crippen LogP contribution in [0.4, 0.5) is 10.1 Å². The summed E-state index contributed by atoms with van der Waals surface area (Å²) in [6.07, 6.45) is 3.23. The third kappa shape index (κ3) is 1.89. The molecule has 0 radical (unpaired) electrons. The molecule has 19 heavy (non-hydrogen) atoms. The topological polar surface area (TPSA) is 50.3 Å². The third-order valence-corrected chi connectivity index (χ3v) is 3.02. The number of nitrogens with zero attached hydrogens (tertiary/aromatic N) is 2. The van der Waals surface area contributed by atoms with Crippen LogP contribution in [0.15, 0.2) is 42.7 Å². The van der Waals surface area contributed by atoms with Crippen molar-refractivity contribution < 1.29 is 14.0 Å². The van der Waals surface area contributed by atoms with Crippen molar-refractivity contribution in [1.82, 2.24) is 4.98 Å². The molecule has 4 nitrogen and oxygen atoms in total. The first-order chi connectivity index (χ1) is 9.16. The van der Waals surface area contributed by atoms with Gasteiger partial charge in [-0.3, -0.25) is 14.6 Å². The molecule has 0 fully saturated rings. The van der Waals surface area contributed by atoms with E-state index in [1.165, 1.54) is 17.0 Å². The smallest absolute Gasteiger partial charge is 0.299 e. The van der Waals surface area contributed by atoms with Crippen LogP contribution in [-0.2, 0) is 11.3 Å². The molecule has 1 aliphatic rings. The minimum absolute atomic E-state index is 0.124. The fourth-order valence-electron chi connectivity index (χ4n) is 2.10. The number of benzene rings is 1. The molecule has 1 aromatic heterocycles. The quantitative estimate of drug-likeness (QED) is 0.772. The molecule has 2 heterocycles. The summed E-state index contributed by atoms with van der Waals surface area (Å²) in [7, 11) is 0. The lowest BCUT2D eigenvalue weighted by atomic mass is 10.1. The SMILES string of the molecule is O=C1C(=O)N(Cc2ccncc2)c2ccc(F)cc21. The largest absolute Gasteiger partial charge is 0.300 e. The first-order valence-corrected chi connectivity index (χ1v) is 5.71. The molecule has 1 aliphatic heterocycles. The zero-order valence-electron chi connectivity index (χ0n) is 9.84. The number of halogens is 1. The molecule has 0 atom stereocenters. The van der Waals surface area contributed by atoms with E-state index in [2.05, 4.69) is 4.98 Å². The van der Waals surface area contributed by atoms with E-state index in [0.29, 0.717) is 5.69 Å². The molecular formula is C14H9FN2O2. The molecule has 2 aromatic rings. The number of carbonyl (C=O) groups is 2. The van der Waals surface area contributed by atoms with E-state index in [1.807, 2.05) is 0 Å². The number of anilines is 1. The van der Waals surface area contributed by atoms with Crippen molar-refractivity contribution >= 4 is 17.4 Å². The van der Waals surface area contributed by atoms with Crippen molar-refractivity contribution in [3.8, 4) is 0 Å². The molecule has 1 amide bonds. The molecule has 5 heteroatoms. The van der Waals surface area contributed by atoms with Crippen LogP contribution in [-0.4, -0.2) is 16.7 Å². The second-order valence-corrected chi connectivity index (χ2v) is 4.24. The Morgan fingerprint density at radius 1 is 1.11 bits per heavy atom. The maximum Gasteiger partial charge on any atom is 0.299 e. The molecule has 0 N–H and O–H groups in total. The van der Waals surface area contributed by atoms with Crippen LogP contribution in [0.1, 0.15) is 15.9 Å². The Hall–Kier alpha value is -2.56. The second-order valence-electron chi connectivity index (χ2n) is 4.24. The van der Waals surface area contributed by atoms with E-state index >= 15 is 0 Å². The lowest BCUT2D eigenvalue weighted by Gasteiger charge is -2.16. The van der Waals surface area contributed by atoms with Crippen LogP contribution >= 0.6 is 0 Å². The van der Waals surface area contributed by atoms with Gasteiger partial charge in [-0.25, -0.2) is 4.39 Å². The van der Waals surface area contributed by atoms with E-state index in [-0.39, 0.29) is 12.1 Å². The highest BCUT2D eigenvalue weighted by atomic mass is 19.1. The molecule has 0 saturated carbocycles. The van der Waals surface area contributed by atoms with Crippen molar-refractivity contribution in [3.63, 3.8) is 0 Å². The molecule has 1 aromatic carbocycles. The van der Waals surface area contributed by atoms with Gasteiger partial charge in [0.25, 0.3) is 11.7 Å². The molecule has 0 aliphatic carbocycles. The Labute approximate surface area is 108 Å². The second kappa shape index (κ2) is 4.28. The highest BCUT2D eigenvalue weighted by Crippen LogP contribution is 2.30. The van der Waals surface area contributed by atoms with E-state index in [4.69, 9.17) is 0 Å². The number of carbonyl (C=O) groups excluding carboxylic acids is 2. The summed E-state index contributed by atoms with van der Waals surface area (Å²) in [6, 6.07) is 7.32. The highest BCUT2D eigenvalue weighted by molar-refractivity contribution is 6.52. The summed E-state index contributed by atoms with van der Waals surface area (Å²) in [6.45, 7) is 0.270. The average Bonchev–Trinajstić information content (AvgIpc) is 2.65. The number of amides is 1. The zero-order chi connectivity index (χ0) is 13.4. The number of Topliss-reactive ketones (excluding diaryl/α,β-unsaturated/α-hetero) is 1. The third-order valence-electron chi connectivity index (χ3n) is 3.02. The van der Waals surface area contributed by atoms with Crippen LogP contribution in [0.25, 0.3) is 0 Å². The van der Waals surface area contributed by atoms with E-state index in [1.54, 1.807) is 24.5 Å². The standard InChI is InChI=1S/C14H9FN2O2/c15-10-1-2-12-11(7-10)13(18)14(19)17(12)8-9-3-5-16-6-4-9/h1-7H,8H2. The van der Waals surface area contributed by atoms with Crippen molar-refractivity contribution in [2.24, 2.45) is 0 Å². The number of hydrogen-bond donors (Lipinski definition) is 0. The van der Waals surface area contributed by atoms with Gasteiger partial charge in [-0.15, -0.1) is 0 Å².